The molecule has 2 aliphatic rings. The van der Waals surface area contributed by atoms with Crippen molar-refractivity contribution in [3.8, 4) is 0 Å². The minimum Gasteiger partial charge on any atom is -0.383 e. The number of piperidine rings is 1. The number of nitrogen functional groups attached to an aromatic ring is 1. The number of hydrogen-bond acceptors (Lipinski definition) is 4. The molecule has 1 aliphatic carbocycles. The van der Waals surface area contributed by atoms with Gasteiger partial charge in [0.05, 0.1) is 5.52 Å². The first kappa shape index (κ1) is 10.8. The van der Waals surface area contributed by atoms with Gasteiger partial charge in [0.2, 0.25) is 5.95 Å². The molecule has 0 bridgehead atoms. The summed E-state index contributed by atoms with van der Waals surface area (Å²) >= 11 is 2.30. The molecule has 1 saturated heterocycles. The number of anilines is 2. The van der Waals surface area contributed by atoms with Crippen LogP contribution >= 0.6 is 22.6 Å². The van der Waals surface area contributed by atoms with Crippen molar-refractivity contribution >= 4 is 45.3 Å². The number of halogens is 1. The zero-order chi connectivity index (χ0) is 12.3. The number of rotatable bonds is 1. The Balaban J connectivity index is 1.82. The fourth-order valence-electron chi connectivity index (χ4n) is 2.90. The number of benzene rings is 1. The van der Waals surface area contributed by atoms with Gasteiger partial charge in [0, 0.05) is 21.5 Å². The molecule has 0 amide bonds. The van der Waals surface area contributed by atoms with Gasteiger partial charge in [0.1, 0.15) is 5.82 Å². The summed E-state index contributed by atoms with van der Waals surface area (Å²) in [4.78, 5) is 11.4. The molecule has 2 unspecified atom stereocenters. The second kappa shape index (κ2) is 3.69. The van der Waals surface area contributed by atoms with Gasteiger partial charge in [-0.15, -0.1) is 0 Å². The standard InChI is InChI=1S/C13H13IN4/c14-8-2-3-9-10(5-8)16-13(17-12(9)15)18-6-7-1-4-11(7)18/h2-3,5,7,11H,1,4,6H2,(H2,15,16,17). The highest BCUT2D eigenvalue weighted by Crippen LogP contribution is 2.43. The molecule has 2 aromatic rings. The average molecular weight is 352 g/mol. The number of fused-ring (bicyclic) bond motifs is 2. The number of nitrogens with zero attached hydrogens (tertiary/aromatic N) is 3. The van der Waals surface area contributed by atoms with Crippen molar-refractivity contribution in [3.05, 3.63) is 21.8 Å². The van der Waals surface area contributed by atoms with Gasteiger partial charge in [-0.2, -0.15) is 4.98 Å². The molecule has 18 heavy (non-hydrogen) atoms. The molecule has 92 valence electrons. The van der Waals surface area contributed by atoms with Crippen LogP contribution in [-0.2, 0) is 0 Å². The molecule has 4 nitrogen and oxygen atoms in total. The van der Waals surface area contributed by atoms with Crippen LogP contribution in [0.1, 0.15) is 12.8 Å². The van der Waals surface area contributed by atoms with Crippen molar-refractivity contribution < 1.29 is 0 Å². The maximum Gasteiger partial charge on any atom is 0.228 e. The van der Waals surface area contributed by atoms with E-state index in [1.54, 1.807) is 0 Å². The normalized spacial score (nSPS) is 25.5. The molecule has 4 rings (SSSR count). The lowest BCUT2D eigenvalue weighted by Gasteiger charge is -2.55. The van der Waals surface area contributed by atoms with Crippen LogP contribution in [-0.4, -0.2) is 22.6 Å². The predicted molar refractivity (Wildman–Crippen MR) is 80.5 cm³/mol. The quantitative estimate of drug-likeness (QED) is 0.801. The summed E-state index contributed by atoms with van der Waals surface area (Å²) in [6.45, 7) is 1.10. The van der Waals surface area contributed by atoms with E-state index in [1.165, 1.54) is 16.4 Å². The van der Waals surface area contributed by atoms with Crippen molar-refractivity contribution in [3.63, 3.8) is 0 Å². The first-order valence-electron chi connectivity index (χ1n) is 6.22. The van der Waals surface area contributed by atoms with E-state index in [4.69, 9.17) is 5.73 Å². The Morgan fingerprint density at radius 2 is 2.17 bits per heavy atom. The fraction of sp³-hybridized carbons (Fsp3) is 0.385. The zero-order valence-corrected chi connectivity index (χ0v) is 12.0. The Morgan fingerprint density at radius 3 is 2.83 bits per heavy atom. The number of aromatic nitrogens is 2. The summed E-state index contributed by atoms with van der Waals surface area (Å²) in [7, 11) is 0. The molecule has 1 saturated carbocycles. The lowest BCUT2D eigenvalue weighted by atomic mass is 9.71. The monoisotopic (exact) mass is 352 g/mol. The minimum atomic E-state index is 0.592. The summed E-state index contributed by atoms with van der Waals surface area (Å²) in [5.41, 5.74) is 6.99. The van der Waals surface area contributed by atoms with Crippen LogP contribution in [0.2, 0.25) is 0 Å². The fourth-order valence-corrected chi connectivity index (χ4v) is 3.37. The lowest BCUT2D eigenvalue weighted by Crippen LogP contribution is -2.62. The third-order valence-electron chi connectivity index (χ3n) is 4.14. The van der Waals surface area contributed by atoms with Gasteiger partial charge < -0.3 is 10.6 Å². The van der Waals surface area contributed by atoms with E-state index in [-0.39, 0.29) is 0 Å². The lowest BCUT2D eigenvalue weighted by molar-refractivity contribution is 0.156. The Labute approximate surface area is 119 Å². The van der Waals surface area contributed by atoms with Crippen LogP contribution in [0, 0.1) is 9.49 Å². The van der Waals surface area contributed by atoms with Gasteiger partial charge in [0.25, 0.3) is 0 Å². The second-order valence-electron chi connectivity index (χ2n) is 5.13. The van der Waals surface area contributed by atoms with Gasteiger partial charge in [-0.1, -0.05) is 0 Å². The summed E-state index contributed by atoms with van der Waals surface area (Å²) in [6.07, 6.45) is 2.64. The van der Waals surface area contributed by atoms with Gasteiger partial charge in [-0.05, 0) is 59.5 Å². The van der Waals surface area contributed by atoms with Crippen LogP contribution in [0.3, 0.4) is 0 Å². The molecule has 2 fully saturated rings. The van der Waals surface area contributed by atoms with Crippen molar-refractivity contribution in [2.45, 2.75) is 18.9 Å². The Bertz CT molecular complexity index is 642. The smallest absolute Gasteiger partial charge is 0.228 e. The maximum absolute atomic E-state index is 6.04. The Morgan fingerprint density at radius 1 is 1.28 bits per heavy atom. The molecule has 1 aromatic heterocycles. The Kier molecular flexibility index (Phi) is 2.21. The molecule has 1 aromatic carbocycles. The van der Waals surface area contributed by atoms with Crippen molar-refractivity contribution in [2.75, 3.05) is 17.2 Å². The van der Waals surface area contributed by atoms with Crippen molar-refractivity contribution in [1.29, 1.82) is 0 Å². The van der Waals surface area contributed by atoms with E-state index < -0.39 is 0 Å². The summed E-state index contributed by atoms with van der Waals surface area (Å²) in [6, 6.07) is 6.77. The maximum atomic E-state index is 6.04. The number of hydrogen-bond donors (Lipinski definition) is 1. The van der Waals surface area contributed by atoms with Crippen LogP contribution in [0.5, 0.6) is 0 Å². The molecule has 0 radical (unpaired) electrons. The summed E-state index contributed by atoms with van der Waals surface area (Å²) in [5, 5.41) is 0.949. The predicted octanol–water partition coefficient (Wildman–Crippen LogP) is 2.42. The average Bonchev–Trinajstić information content (AvgIpc) is 2.32. The van der Waals surface area contributed by atoms with Crippen LogP contribution in [0.15, 0.2) is 18.2 Å². The van der Waals surface area contributed by atoms with Gasteiger partial charge in [0.15, 0.2) is 0 Å². The second-order valence-corrected chi connectivity index (χ2v) is 6.37. The molecule has 2 heterocycles. The van der Waals surface area contributed by atoms with Gasteiger partial charge in [-0.25, -0.2) is 4.98 Å². The van der Waals surface area contributed by atoms with E-state index in [2.05, 4.69) is 43.5 Å². The number of nitrogens with two attached hydrogens (primary N) is 1. The van der Waals surface area contributed by atoms with Crippen molar-refractivity contribution in [2.24, 2.45) is 5.92 Å². The minimum absolute atomic E-state index is 0.592. The van der Waals surface area contributed by atoms with Crippen LogP contribution < -0.4 is 10.6 Å². The van der Waals surface area contributed by atoms with Crippen LogP contribution in [0.25, 0.3) is 10.9 Å². The molecular weight excluding hydrogens is 339 g/mol. The molecule has 2 atom stereocenters. The molecule has 2 N–H and O–H groups in total. The van der Waals surface area contributed by atoms with E-state index >= 15 is 0 Å². The molecule has 1 aliphatic heterocycles. The van der Waals surface area contributed by atoms with Gasteiger partial charge >= 0.3 is 0 Å². The van der Waals surface area contributed by atoms with Gasteiger partial charge in [-0.3, -0.25) is 0 Å². The SMILES string of the molecule is Nc1nc(N2CC3CCC32)nc2cc(I)ccc12. The molecular formula is C13H13IN4. The first-order chi connectivity index (χ1) is 8.72. The highest BCUT2D eigenvalue weighted by Gasteiger charge is 2.46. The largest absolute Gasteiger partial charge is 0.383 e. The summed E-state index contributed by atoms with van der Waals surface area (Å²) < 4.78 is 1.18. The van der Waals surface area contributed by atoms with E-state index in [0.29, 0.717) is 11.9 Å². The topological polar surface area (TPSA) is 55.0 Å². The van der Waals surface area contributed by atoms with Crippen molar-refractivity contribution in [1.82, 2.24) is 9.97 Å². The zero-order valence-electron chi connectivity index (χ0n) is 9.81. The van der Waals surface area contributed by atoms with E-state index in [9.17, 15) is 0 Å². The van der Waals surface area contributed by atoms with E-state index in [1.807, 2.05) is 12.1 Å². The van der Waals surface area contributed by atoms with E-state index in [0.717, 1.165) is 29.3 Å². The van der Waals surface area contributed by atoms with Crippen LogP contribution in [0.4, 0.5) is 11.8 Å². The molecule has 5 heteroatoms. The third-order valence-corrected chi connectivity index (χ3v) is 4.81. The highest BCUT2D eigenvalue weighted by atomic mass is 127. The molecule has 0 spiro atoms. The summed E-state index contributed by atoms with van der Waals surface area (Å²) in [5.74, 6) is 2.28. The first-order valence-corrected chi connectivity index (χ1v) is 7.29. The third kappa shape index (κ3) is 1.43. The Hall–Kier alpha value is -1.11. The highest BCUT2D eigenvalue weighted by molar-refractivity contribution is 14.1.